The third kappa shape index (κ3) is 18.3. The smallest absolute Gasteiger partial charge is 0.305 e. The van der Waals surface area contributed by atoms with Gasteiger partial charge in [-0.05, 0) is 19.3 Å². The van der Waals surface area contributed by atoms with Gasteiger partial charge in [-0.2, -0.15) is 0 Å². The second kappa shape index (κ2) is 19.3. The van der Waals surface area contributed by atoms with E-state index in [1.807, 2.05) is 0 Å². The number of halogens is 1. The van der Waals surface area contributed by atoms with Crippen LogP contribution >= 0.6 is 15.9 Å². The number of ether oxygens (including phenoxy) is 1. The molecule has 0 aromatic rings. The molecule has 0 aromatic heterocycles. The van der Waals surface area contributed by atoms with Gasteiger partial charge in [0.05, 0.1) is 7.11 Å². The molecule has 1 atom stereocenters. The summed E-state index contributed by atoms with van der Waals surface area (Å²) in [6.45, 7) is 2.28. The largest absolute Gasteiger partial charge is 0.469 e. The molecule has 24 heavy (non-hydrogen) atoms. The fourth-order valence-electron chi connectivity index (χ4n) is 3.09. The van der Waals surface area contributed by atoms with Gasteiger partial charge < -0.3 is 4.74 Å². The van der Waals surface area contributed by atoms with Crippen LogP contribution in [0.2, 0.25) is 0 Å². The number of methoxy groups -OCH3 is 1. The zero-order chi connectivity index (χ0) is 17.9. The highest BCUT2D eigenvalue weighted by atomic mass is 79.9. The molecule has 0 heterocycles. The van der Waals surface area contributed by atoms with Gasteiger partial charge in [0.25, 0.3) is 0 Å². The molecule has 0 radical (unpaired) electrons. The normalized spacial score (nSPS) is 12.3. The maximum absolute atomic E-state index is 11.0. The molecule has 0 aromatic carbocycles. The second-order valence-electron chi connectivity index (χ2n) is 7.10. The van der Waals surface area contributed by atoms with Crippen LogP contribution in [0.5, 0.6) is 0 Å². The summed E-state index contributed by atoms with van der Waals surface area (Å²) in [6.07, 6.45) is 22.0. The number of carbonyl (C=O) groups excluding carboxylic acids is 1. The quantitative estimate of drug-likeness (QED) is 0.133. The molecule has 0 saturated heterocycles. The number of esters is 1. The zero-order valence-corrected chi connectivity index (χ0v) is 17.9. The molecule has 0 aliphatic heterocycles. The number of hydrogen-bond acceptors (Lipinski definition) is 2. The van der Waals surface area contributed by atoms with Crippen molar-refractivity contribution in [3.63, 3.8) is 0 Å². The van der Waals surface area contributed by atoms with Crippen LogP contribution in [-0.4, -0.2) is 17.9 Å². The Balaban J connectivity index is 3.16. The highest BCUT2D eigenvalue weighted by molar-refractivity contribution is 9.09. The fourth-order valence-corrected chi connectivity index (χ4v) is 3.74. The van der Waals surface area contributed by atoms with Gasteiger partial charge >= 0.3 is 5.97 Å². The Morgan fingerprint density at radius 1 is 0.750 bits per heavy atom. The summed E-state index contributed by atoms with van der Waals surface area (Å²) < 4.78 is 4.66. The molecule has 0 fully saturated rings. The number of carbonyl (C=O) groups is 1. The molecule has 0 rings (SSSR count). The van der Waals surface area contributed by atoms with Gasteiger partial charge in [0, 0.05) is 11.2 Å². The van der Waals surface area contributed by atoms with Crippen molar-refractivity contribution >= 4 is 21.9 Å². The van der Waals surface area contributed by atoms with E-state index < -0.39 is 0 Å². The van der Waals surface area contributed by atoms with Gasteiger partial charge in [-0.1, -0.05) is 106 Å². The SMILES string of the molecule is CCCCCCCCCCCCCCC(Br)CCCCC(=O)OC. The molecule has 3 heteroatoms. The predicted molar refractivity (Wildman–Crippen MR) is 109 cm³/mol. The lowest BCUT2D eigenvalue weighted by Gasteiger charge is -2.09. The monoisotopic (exact) mass is 404 g/mol. The first-order valence-electron chi connectivity index (χ1n) is 10.4. The molecule has 0 spiro atoms. The molecule has 144 valence electrons. The van der Waals surface area contributed by atoms with E-state index in [-0.39, 0.29) is 5.97 Å². The summed E-state index contributed by atoms with van der Waals surface area (Å²) >= 11 is 3.78. The molecular weight excluding hydrogens is 364 g/mol. The Hall–Kier alpha value is -0.0500. The summed E-state index contributed by atoms with van der Waals surface area (Å²) in [5.41, 5.74) is 0. The Labute approximate surface area is 159 Å². The second-order valence-corrected chi connectivity index (χ2v) is 8.39. The van der Waals surface area contributed by atoms with Crippen LogP contribution in [0.25, 0.3) is 0 Å². The predicted octanol–water partition coefficient (Wildman–Crippen LogP) is 7.57. The molecule has 0 bridgehead atoms. The maximum atomic E-state index is 11.0. The highest BCUT2D eigenvalue weighted by Crippen LogP contribution is 2.19. The van der Waals surface area contributed by atoms with E-state index in [2.05, 4.69) is 27.6 Å². The van der Waals surface area contributed by atoms with Gasteiger partial charge in [-0.25, -0.2) is 0 Å². The van der Waals surface area contributed by atoms with Gasteiger partial charge in [-0.15, -0.1) is 0 Å². The summed E-state index contributed by atoms with van der Waals surface area (Å²) in [6, 6.07) is 0. The van der Waals surface area contributed by atoms with Crippen LogP contribution in [0.4, 0.5) is 0 Å². The van der Waals surface area contributed by atoms with Crippen molar-refractivity contribution in [2.45, 2.75) is 121 Å². The highest BCUT2D eigenvalue weighted by Gasteiger charge is 2.05. The van der Waals surface area contributed by atoms with Crippen molar-refractivity contribution in [3.8, 4) is 0 Å². The number of unbranched alkanes of at least 4 members (excludes halogenated alkanes) is 12. The fraction of sp³-hybridized carbons (Fsp3) is 0.952. The van der Waals surface area contributed by atoms with Gasteiger partial charge in [-0.3, -0.25) is 4.79 Å². The average molecular weight is 405 g/mol. The van der Waals surface area contributed by atoms with E-state index in [0.717, 1.165) is 12.8 Å². The van der Waals surface area contributed by atoms with E-state index in [1.165, 1.54) is 97.0 Å². The lowest BCUT2D eigenvalue weighted by atomic mass is 10.0. The Morgan fingerprint density at radius 3 is 1.62 bits per heavy atom. The van der Waals surface area contributed by atoms with E-state index in [9.17, 15) is 4.79 Å². The van der Waals surface area contributed by atoms with Gasteiger partial charge in [0.1, 0.15) is 0 Å². The molecule has 0 aliphatic carbocycles. The summed E-state index contributed by atoms with van der Waals surface area (Å²) in [4.78, 5) is 11.6. The molecular formula is C21H41BrO2. The summed E-state index contributed by atoms with van der Waals surface area (Å²) in [5, 5.41) is 0. The van der Waals surface area contributed by atoms with Gasteiger partial charge in [0.2, 0.25) is 0 Å². The van der Waals surface area contributed by atoms with Crippen LogP contribution in [-0.2, 0) is 9.53 Å². The molecule has 0 N–H and O–H groups in total. The standard InChI is InChI=1S/C21H41BrO2/c1-3-4-5-6-7-8-9-10-11-12-13-14-17-20(22)18-15-16-19-21(23)24-2/h20H,3-19H2,1-2H3. The van der Waals surface area contributed by atoms with Crippen molar-refractivity contribution in [3.05, 3.63) is 0 Å². The Kier molecular flexibility index (Phi) is 19.2. The van der Waals surface area contributed by atoms with Crippen molar-refractivity contribution < 1.29 is 9.53 Å². The lowest BCUT2D eigenvalue weighted by molar-refractivity contribution is -0.140. The number of alkyl halides is 1. The van der Waals surface area contributed by atoms with Crippen LogP contribution in [0.3, 0.4) is 0 Å². The minimum atomic E-state index is -0.0814. The first-order valence-corrected chi connectivity index (χ1v) is 11.3. The third-order valence-electron chi connectivity index (χ3n) is 4.75. The molecule has 2 nitrogen and oxygen atoms in total. The molecule has 0 amide bonds. The number of rotatable bonds is 18. The maximum Gasteiger partial charge on any atom is 0.305 e. The minimum absolute atomic E-state index is 0.0814. The summed E-state index contributed by atoms with van der Waals surface area (Å²) in [5.74, 6) is -0.0814. The van der Waals surface area contributed by atoms with Crippen LogP contribution in [0.15, 0.2) is 0 Å². The van der Waals surface area contributed by atoms with E-state index in [4.69, 9.17) is 0 Å². The van der Waals surface area contributed by atoms with Crippen LogP contribution in [0.1, 0.15) is 116 Å². The zero-order valence-electron chi connectivity index (χ0n) is 16.3. The van der Waals surface area contributed by atoms with Crippen molar-refractivity contribution in [1.29, 1.82) is 0 Å². The first kappa shape index (κ1) is 23.9. The first-order chi connectivity index (χ1) is 11.7. The molecule has 1 unspecified atom stereocenters. The topological polar surface area (TPSA) is 26.3 Å². The van der Waals surface area contributed by atoms with E-state index >= 15 is 0 Å². The van der Waals surface area contributed by atoms with Crippen LogP contribution < -0.4 is 0 Å². The third-order valence-corrected chi connectivity index (χ3v) is 5.66. The van der Waals surface area contributed by atoms with Crippen molar-refractivity contribution in [2.75, 3.05) is 7.11 Å². The van der Waals surface area contributed by atoms with E-state index in [1.54, 1.807) is 0 Å². The van der Waals surface area contributed by atoms with Crippen molar-refractivity contribution in [1.82, 2.24) is 0 Å². The average Bonchev–Trinajstić information content (AvgIpc) is 2.59. The number of hydrogen-bond donors (Lipinski definition) is 0. The van der Waals surface area contributed by atoms with Crippen LogP contribution in [0, 0.1) is 0 Å². The van der Waals surface area contributed by atoms with Gasteiger partial charge in [0.15, 0.2) is 0 Å². The Morgan fingerprint density at radius 2 is 1.17 bits per heavy atom. The van der Waals surface area contributed by atoms with Crippen molar-refractivity contribution in [2.24, 2.45) is 0 Å². The van der Waals surface area contributed by atoms with E-state index in [0.29, 0.717) is 11.2 Å². The lowest BCUT2D eigenvalue weighted by Crippen LogP contribution is -2.02. The Bertz CT molecular complexity index is 269. The minimum Gasteiger partial charge on any atom is -0.469 e. The molecule has 0 aliphatic rings. The molecule has 0 saturated carbocycles. The summed E-state index contributed by atoms with van der Waals surface area (Å²) in [7, 11) is 1.46.